The van der Waals surface area contributed by atoms with Gasteiger partial charge < -0.3 is 25.0 Å². The molecule has 2 N–H and O–H groups in total. The van der Waals surface area contributed by atoms with Crippen molar-refractivity contribution in [1.29, 1.82) is 5.26 Å². The van der Waals surface area contributed by atoms with Crippen molar-refractivity contribution in [1.82, 2.24) is 15.2 Å². The third kappa shape index (κ3) is 4.76. The fraction of sp³-hybridized carbons (Fsp3) is 0.448. The maximum atomic E-state index is 9.82. The Morgan fingerprint density at radius 3 is 2.92 bits per heavy atom. The van der Waals surface area contributed by atoms with E-state index in [2.05, 4.69) is 68.3 Å². The topological polar surface area (TPSA) is 87.9 Å². The van der Waals surface area contributed by atoms with E-state index >= 15 is 0 Å². The zero-order chi connectivity index (χ0) is 25.4. The van der Waals surface area contributed by atoms with E-state index < -0.39 is 0 Å². The van der Waals surface area contributed by atoms with Crippen LogP contribution in [0.5, 0.6) is 0 Å². The van der Waals surface area contributed by atoms with Crippen molar-refractivity contribution in [2.24, 2.45) is 0 Å². The van der Waals surface area contributed by atoms with Crippen LogP contribution in [0.3, 0.4) is 0 Å². The molecule has 37 heavy (non-hydrogen) atoms. The van der Waals surface area contributed by atoms with E-state index in [0.717, 1.165) is 68.9 Å². The first-order valence-electron chi connectivity index (χ1n) is 13.2. The molecule has 2 fully saturated rings. The molecule has 4 heterocycles. The Balaban J connectivity index is 1.16. The van der Waals surface area contributed by atoms with Gasteiger partial charge in [-0.3, -0.25) is 9.88 Å². The van der Waals surface area contributed by atoms with Crippen LogP contribution < -0.4 is 15.1 Å². The summed E-state index contributed by atoms with van der Waals surface area (Å²) in [5, 5.41) is 23.7. The highest BCUT2D eigenvalue weighted by molar-refractivity contribution is 5.95. The Morgan fingerprint density at radius 2 is 2.05 bits per heavy atom. The number of nitrogens with zero attached hydrogens (tertiary/aromatic N) is 5. The van der Waals surface area contributed by atoms with E-state index in [1.165, 1.54) is 16.8 Å². The highest BCUT2D eigenvalue weighted by Gasteiger charge is 2.31. The summed E-state index contributed by atoms with van der Waals surface area (Å²) in [4.78, 5) is 11.7. The summed E-state index contributed by atoms with van der Waals surface area (Å²) >= 11 is 0. The number of rotatable bonds is 5. The molecule has 0 unspecified atom stereocenters. The van der Waals surface area contributed by atoms with Gasteiger partial charge >= 0.3 is 0 Å². The average Bonchev–Trinajstić information content (AvgIpc) is 3.33. The monoisotopic (exact) mass is 498 g/mol. The van der Waals surface area contributed by atoms with Crippen molar-refractivity contribution < 1.29 is 9.84 Å². The summed E-state index contributed by atoms with van der Waals surface area (Å²) in [5.41, 5.74) is 6.44. The number of aliphatic hydroxyl groups is 1. The van der Waals surface area contributed by atoms with E-state index in [1.54, 1.807) is 6.20 Å². The van der Waals surface area contributed by atoms with E-state index in [-0.39, 0.29) is 24.9 Å². The smallest absolute Gasteiger partial charge is 0.101 e. The van der Waals surface area contributed by atoms with Gasteiger partial charge in [-0.05, 0) is 54.4 Å². The molecule has 8 nitrogen and oxygen atoms in total. The average molecular weight is 499 g/mol. The van der Waals surface area contributed by atoms with Crippen LogP contribution in [0.25, 0.3) is 10.9 Å². The molecule has 3 aromatic rings. The molecule has 1 aromatic heterocycles. The molecule has 0 radical (unpaired) electrons. The molecule has 2 saturated heterocycles. The Hall–Kier alpha value is -3.22. The number of piperazine rings is 1. The van der Waals surface area contributed by atoms with Gasteiger partial charge in [0.25, 0.3) is 0 Å². The van der Waals surface area contributed by atoms with Crippen LogP contribution in [0.15, 0.2) is 48.7 Å². The third-order valence-corrected chi connectivity index (χ3v) is 7.87. The SMILES string of the molecule is C[C@@H]1CN(c2ccc(C#N)c3ncccc23)C[C@H](CN2Cc3ccc(N4CCNC[C@H]4CO)cc3C2)O1. The van der Waals surface area contributed by atoms with Crippen molar-refractivity contribution in [2.75, 3.05) is 55.7 Å². The molecule has 192 valence electrons. The van der Waals surface area contributed by atoms with E-state index in [0.29, 0.717) is 5.56 Å². The number of nitrogens with one attached hydrogen (secondary N) is 1. The number of morpholine rings is 1. The predicted molar refractivity (Wildman–Crippen MR) is 145 cm³/mol. The minimum atomic E-state index is 0.0897. The molecule has 2 aromatic carbocycles. The molecular formula is C29H34N6O2. The number of aromatic nitrogens is 1. The molecule has 0 saturated carbocycles. The van der Waals surface area contributed by atoms with Crippen molar-refractivity contribution in [3.05, 3.63) is 65.4 Å². The van der Waals surface area contributed by atoms with Crippen molar-refractivity contribution in [3.63, 3.8) is 0 Å². The van der Waals surface area contributed by atoms with Gasteiger partial charge in [0.1, 0.15) is 6.07 Å². The molecule has 3 aliphatic rings. The van der Waals surface area contributed by atoms with Gasteiger partial charge in [0.2, 0.25) is 0 Å². The first-order valence-corrected chi connectivity index (χ1v) is 13.2. The lowest BCUT2D eigenvalue weighted by molar-refractivity contribution is -0.0329. The molecule has 8 heteroatoms. The van der Waals surface area contributed by atoms with Crippen LogP contribution >= 0.6 is 0 Å². The number of pyridine rings is 1. The first kappa shape index (κ1) is 24.1. The van der Waals surface area contributed by atoms with Gasteiger partial charge in [-0.15, -0.1) is 0 Å². The standard InChI is InChI=1S/C29H34N6O2/c1-20-14-34(28-7-5-21(12-30)29-27(28)3-2-8-32-29)18-26(37-20)17-33-15-22-4-6-24(11-23(22)16-33)35-10-9-31-13-25(35)19-36/h2-8,11,20,25-26,31,36H,9-10,13-19H2,1H3/t20-,25+,26+/m1/s1. The van der Waals surface area contributed by atoms with Gasteiger partial charge in [0, 0.05) is 75.3 Å². The fourth-order valence-electron chi connectivity index (χ4n) is 6.18. The summed E-state index contributed by atoms with van der Waals surface area (Å²) in [6, 6.07) is 17.1. The van der Waals surface area contributed by atoms with Gasteiger partial charge in [0.05, 0.1) is 35.9 Å². The number of aliphatic hydroxyl groups excluding tert-OH is 1. The zero-order valence-corrected chi connectivity index (χ0v) is 21.3. The fourth-order valence-corrected chi connectivity index (χ4v) is 6.18. The lowest BCUT2D eigenvalue weighted by Crippen LogP contribution is -2.53. The van der Waals surface area contributed by atoms with E-state index in [4.69, 9.17) is 4.74 Å². The highest BCUT2D eigenvalue weighted by atomic mass is 16.5. The van der Waals surface area contributed by atoms with Gasteiger partial charge in [-0.1, -0.05) is 6.07 Å². The molecule has 3 aliphatic heterocycles. The number of anilines is 2. The Labute approximate surface area is 218 Å². The maximum absolute atomic E-state index is 9.82. The quantitative estimate of drug-likeness (QED) is 0.555. The Morgan fingerprint density at radius 1 is 1.16 bits per heavy atom. The van der Waals surface area contributed by atoms with Crippen LogP contribution in [0.1, 0.15) is 23.6 Å². The summed E-state index contributed by atoms with van der Waals surface area (Å²) in [5.74, 6) is 0. The molecule has 6 rings (SSSR count). The van der Waals surface area contributed by atoms with Crippen molar-refractivity contribution in [3.8, 4) is 6.07 Å². The van der Waals surface area contributed by atoms with Gasteiger partial charge in [0.15, 0.2) is 0 Å². The van der Waals surface area contributed by atoms with Crippen molar-refractivity contribution >= 4 is 22.3 Å². The molecule has 0 bridgehead atoms. The zero-order valence-electron chi connectivity index (χ0n) is 21.3. The number of hydrogen-bond acceptors (Lipinski definition) is 8. The molecule has 0 aliphatic carbocycles. The summed E-state index contributed by atoms with van der Waals surface area (Å²) < 4.78 is 6.41. The number of benzene rings is 2. The van der Waals surface area contributed by atoms with Gasteiger partial charge in [-0.25, -0.2) is 0 Å². The highest BCUT2D eigenvalue weighted by Crippen LogP contribution is 2.32. The number of nitriles is 1. The predicted octanol–water partition coefficient (Wildman–Crippen LogP) is 2.49. The van der Waals surface area contributed by atoms with Crippen LogP contribution in [-0.2, 0) is 17.8 Å². The summed E-state index contributed by atoms with van der Waals surface area (Å²) in [7, 11) is 0. The summed E-state index contributed by atoms with van der Waals surface area (Å²) in [6.07, 6.45) is 1.95. The largest absolute Gasteiger partial charge is 0.394 e. The molecular weight excluding hydrogens is 464 g/mol. The molecule has 3 atom stereocenters. The van der Waals surface area contributed by atoms with Crippen LogP contribution in [0.4, 0.5) is 11.4 Å². The number of ether oxygens (including phenoxy) is 1. The van der Waals surface area contributed by atoms with Gasteiger partial charge in [-0.2, -0.15) is 5.26 Å². The summed E-state index contributed by atoms with van der Waals surface area (Å²) in [6.45, 7) is 9.30. The van der Waals surface area contributed by atoms with E-state index in [9.17, 15) is 10.4 Å². The van der Waals surface area contributed by atoms with Crippen LogP contribution in [0, 0.1) is 11.3 Å². The normalized spacial score (nSPS) is 24.3. The second kappa shape index (κ2) is 10.3. The second-order valence-electron chi connectivity index (χ2n) is 10.5. The Kier molecular flexibility index (Phi) is 6.70. The molecule has 0 spiro atoms. The second-order valence-corrected chi connectivity index (χ2v) is 10.5. The maximum Gasteiger partial charge on any atom is 0.101 e. The van der Waals surface area contributed by atoms with E-state index in [1.807, 2.05) is 12.1 Å². The number of fused-ring (bicyclic) bond motifs is 2. The lowest BCUT2D eigenvalue weighted by atomic mass is 10.1. The first-order chi connectivity index (χ1) is 18.1. The Bertz CT molecular complexity index is 1320. The third-order valence-electron chi connectivity index (χ3n) is 7.87. The number of hydrogen-bond donors (Lipinski definition) is 2. The van der Waals surface area contributed by atoms with Crippen molar-refractivity contribution in [2.45, 2.75) is 38.3 Å². The van der Waals surface area contributed by atoms with Crippen LogP contribution in [0.2, 0.25) is 0 Å². The lowest BCUT2D eigenvalue weighted by Gasteiger charge is -2.40. The minimum Gasteiger partial charge on any atom is -0.394 e. The molecule has 0 amide bonds. The van der Waals surface area contributed by atoms with Crippen LogP contribution in [-0.4, -0.2) is 79.1 Å². The minimum absolute atomic E-state index is 0.0897.